The summed E-state index contributed by atoms with van der Waals surface area (Å²) >= 11 is 0. The van der Waals surface area contributed by atoms with Crippen LogP contribution >= 0.6 is 0 Å². The normalized spacial score (nSPS) is 14.9. The van der Waals surface area contributed by atoms with Crippen molar-refractivity contribution in [1.29, 1.82) is 0 Å². The number of carbonyl (C=O) groups is 2. The lowest BCUT2D eigenvalue weighted by Crippen LogP contribution is -2.33. The number of hydrogen-bond donors (Lipinski definition) is 2. The molecule has 3 rings (SSSR count). The highest BCUT2D eigenvalue weighted by Crippen LogP contribution is 2.23. The van der Waals surface area contributed by atoms with Crippen LogP contribution in [0.1, 0.15) is 18.1 Å². The van der Waals surface area contributed by atoms with Crippen molar-refractivity contribution in [2.24, 2.45) is 0 Å². The first-order valence-corrected chi connectivity index (χ1v) is 9.33. The summed E-state index contributed by atoms with van der Waals surface area (Å²) in [6.07, 6.45) is -0.166. The first-order valence-electron chi connectivity index (χ1n) is 9.33. The Labute approximate surface area is 165 Å². The Morgan fingerprint density at radius 3 is 2.61 bits per heavy atom. The van der Waals surface area contributed by atoms with Gasteiger partial charge in [0.1, 0.15) is 0 Å². The minimum absolute atomic E-state index is 0.0458. The Hall–Kier alpha value is -3.06. The van der Waals surface area contributed by atoms with Crippen molar-refractivity contribution in [3.63, 3.8) is 0 Å². The zero-order valence-electron chi connectivity index (χ0n) is 16.2. The average molecular weight is 382 g/mol. The van der Waals surface area contributed by atoms with Crippen LogP contribution in [-0.2, 0) is 0 Å². The van der Waals surface area contributed by atoms with Gasteiger partial charge in [-0.3, -0.25) is 4.90 Å². The van der Waals surface area contributed by atoms with Gasteiger partial charge in [0.2, 0.25) is 0 Å². The summed E-state index contributed by atoms with van der Waals surface area (Å²) in [5, 5.41) is 13.1. The molecule has 2 N–H and O–H groups in total. The molecular weight excluding hydrogens is 356 g/mol. The van der Waals surface area contributed by atoms with Gasteiger partial charge in [0.25, 0.3) is 0 Å². The molecule has 4 amide bonds. The Morgan fingerprint density at radius 2 is 1.93 bits per heavy atom. The summed E-state index contributed by atoms with van der Waals surface area (Å²) in [4.78, 5) is 29.5. The number of nitrogens with one attached hydrogen (secondary N) is 1. The fourth-order valence-corrected chi connectivity index (χ4v) is 3.12. The Balaban J connectivity index is 1.55. The fourth-order valence-electron chi connectivity index (χ4n) is 3.12. The van der Waals surface area contributed by atoms with Crippen molar-refractivity contribution in [3.05, 3.63) is 60.2 Å². The second kappa shape index (κ2) is 8.75. The summed E-state index contributed by atoms with van der Waals surface area (Å²) in [5.41, 5.74) is 2.22. The van der Waals surface area contributed by atoms with E-state index in [-0.39, 0.29) is 12.1 Å². The number of hydrogen-bond acceptors (Lipinski definition) is 3. The molecule has 28 heavy (non-hydrogen) atoms. The Bertz CT molecular complexity index is 827. The summed E-state index contributed by atoms with van der Waals surface area (Å²) in [6, 6.07) is 16.3. The van der Waals surface area contributed by atoms with Crippen LogP contribution in [0.4, 0.5) is 21.0 Å². The van der Waals surface area contributed by atoms with Crippen LogP contribution in [0.15, 0.2) is 54.6 Å². The highest BCUT2D eigenvalue weighted by molar-refractivity contribution is 5.95. The molecule has 0 spiro atoms. The van der Waals surface area contributed by atoms with Gasteiger partial charge in [-0.25, -0.2) is 9.59 Å². The Kier molecular flexibility index (Phi) is 6.16. The number of urea groups is 2. The maximum atomic E-state index is 12.5. The van der Waals surface area contributed by atoms with Gasteiger partial charge in [0.05, 0.1) is 6.10 Å². The molecule has 1 fully saturated rings. The molecule has 1 saturated heterocycles. The van der Waals surface area contributed by atoms with E-state index in [1.807, 2.05) is 42.5 Å². The third-order valence-electron chi connectivity index (χ3n) is 4.89. The largest absolute Gasteiger partial charge is 0.388 e. The summed E-state index contributed by atoms with van der Waals surface area (Å²) in [6.45, 7) is 1.73. The summed E-state index contributed by atoms with van der Waals surface area (Å²) in [7, 11) is 3.46. The number of benzene rings is 2. The monoisotopic (exact) mass is 382 g/mol. The smallest absolute Gasteiger partial charge is 0.324 e. The molecule has 7 heteroatoms. The quantitative estimate of drug-likeness (QED) is 0.806. The van der Waals surface area contributed by atoms with E-state index in [2.05, 4.69) is 5.32 Å². The minimum atomic E-state index is -0.613. The molecule has 1 atom stereocenters. The van der Waals surface area contributed by atoms with Gasteiger partial charge >= 0.3 is 12.1 Å². The number of likely N-dealkylation sites (N-methyl/N-ethyl adjacent to an activating group) is 1. The van der Waals surface area contributed by atoms with Gasteiger partial charge in [-0.15, -0.1) is 0 Å². The van der Waals surface area contributed by atoms with Gasteiger partial charge in [-0.05, 0) is 30.2 Å². The number of carbonyl (C=O) groups excluding carboxylic acids is 2. The van der Waals surface area contributed by atoms with Crippen molar-refractivity contribution in [2.45, 2.75) is 12.5 Å². The van der Waals surface area contributed by atoms with Gasteiger partial charge in [-0.2, -0.15) is 0 Å². The number of nitrogens with zero attached hydrogens (tertiary/aromatic N) is 3. The molecule has 0 saturated carbocycles. The lowest BCUT2D eigenvalue weighted by molar-refractivity contribution is 0.152. The molecule has 0 aliphatic carbocycles. The second-order valence-corrected chi connectivity index (χ2v) is 6.97. The van der Waals surface area contributed by atoms with E-state index in [1.165, 1.54) is 4.90 Å². The Morgan fingerprint density at radius 1 is 1.18 bits per heavy atom. The SMILES string of the molecule is CN(CC[C@@H](O)c1ccccc1)C(=O)Nc1cccc(N2CCN(C)C2=O)c1. The van der Waals surface area contributed by atoms with Crippen molar-refractivity contribution < 1.29 is 14.7 Å². The molecular formula is C21H26N4O3. The average Bonchev–Trinajstić information content (AvgIpc) is 3.05. The van der Waals surface area contributed by atoms with E-state index >= 15 is 0 Å². The molecule has 1 aliphatic heterocycles. The highest BCUT2D eigenvalue weighted by Gasteiger charge is 2.26. The number of amides is 4. The molecule has 148 valence electrons. The van der Waals surface area contributed by atoms with Crippen LogP contribution in [0, 0.1) is 0 Å². The number of anilines is 2. The lowest BCUT2D eigenvalue weighted by atomic mass is 10.1. The summed E-state index contributed by atoms with van der Waals surface area (Å²) in [5.74, 6) is 0. The molecule has 2 aromatic carbocycles. The van der Waals surface area contributed by atoms with E-state index < -0.39 is 6.10 Å². The first kappa shape index (κ1) is 19.7. The fraction of sp³-hybridized carbons (Fsp3) is 0.333. The predicted octanol–water partition coefficient (Wildman–Crippen LogP) is 3.15. The van der Waals surface area contributed by atoms with Crippen LogP contribution in [-0.4, -0.2) is 60.7 Å². The third kappa shape index (κ3) is 4.61. The number of aliphatic hydroxyl groups excluding tert-OH is 1. The van der Waals surface area contributed by atoms with Gasteiger partial charge in [0.15, 0.2) is 0 Å². The number of aliphatic hydroxyl groups is 1. The molecule has 0 bridgehead atoms. The first-order chi connectivity index (χ1) is 13.5. The van der Waals surface area contributed by atoms with Crippen molar-refractivity contribution >= 4 is 23.4 Å². The van der Waals surface area contributed by atoms with Crippen LogP contribution in [0.25, 0.3) is 0 Å². The molecule has 2 aromatic rings. The van der Waals surface area contributed by atoms with E-state index in [9.17, 15) is 14.7 Å². The maximum Gasteiger partial charge on any atom is 0.324 e. The highest BCUT2D eigenvalue weighted by atomic mass is 16.3. The predicted molar refractivity (Wildman–Crippen MR) is 109 cm³/mol. The van der Waals surface area contributed by atoms with Crippen LogP contribution in [0.5, 0.6) is 0 Å². The van der Waals surface area contributed by atoms with E-state index in [1.54, 1.807) is 36.0 Å². The second-order valence-electron chi connectivity index (χ2n) is 6.97. The van der Waals surface area contributed by atoms with Crippen LogP contribution < -0.4 is 10.2 Å². The van der Waals surface area contributed by atoms with Crippen molar-refractivity contribution in [1.82, 2.24) is 9.80 Å². The van der Waals surface area contributed by atoms with Gasteiger partial charge in [0, 0.05) is 45.1 Å². The van der Waals surface area contributed by atoms with Crippen LogP contribution in [0.3, 0.4) is 0 Å². The zero-order chi connectivity index (χ0) is 20.1. The van der Waals surface area contributed by atoms with Crippen molar-refractivity contribution in [3.8, 4) is 0 Å². The minimum Gasteiger partial charge on any atom is -0.388 e. The topological polar surface area (TPSA) is 76.1 Å². The van der Waals surface area contributed by atoms with E-state index in [0.29, 0.717) is 31.7 Å². The zero-order valence-corrected chi connectivity index (χ0v) is 16.2. The standard InChI is InChI=1S/C21H26N4O3/c1-23(12-11-19(26)16-7-4-3-5-8-16)20(27)22-17-9-6-10-18(15-17)25-14-13-24(2)21(25)28/h3-10,15,19,26H,11-14H2,1-2H3,(H,22,27)/t19-/m1/s1. The summed E-state index contributed by atoms with van der Waals surface area (Å²) < 4.78 is 0. The molecule has 1 heterocycles. The van der Waals surface area contributed by atoms with Gasteiger partial charge in [-0.1, -0.05) is 36.4 Å². The molecule has 0 radical (unpaired) electrons. The lowest BCUT2D eigenvalue weighted by Gasteiger charge is -2.21. The van der Waals surface area contributed by atoms with E-state index in [4.69, 9.17) is 0 Å². The molecule has 0 aromatic heterocycles. The van der Waals surface area contributed by atoms with Gasteiger partial charge < -0.3 is 20.2 Å². The molecule has 1 aliphatic rings. The molecule has 7 nitrogen and oxygen atoms in total. The van der Waals surface area contributed by atoms with Crippen LogP contribution in [0.2, 0.25) is 0 Å². The van der Waals surface area contributed by atoms with E-state index in [0.717, 1.165) is 11.3 Å². The molecule has 0 unspecified atom stereocenters. The van der Waals surface area contributed by atoms with Crippen molar-refractivity contribution in [2.75, 3.05) is 43.9 Å². The maximum absolute atomic E-state index is 12.5. The third-order valence-corrected chi connectivity index (χ3v) is 4.89. The number of rotatable bonds is 6.